The summed E-state index contributed by atoms with van der Waals surface area (Å²) in [6.07, 6.45) is 1.56. The van der Waals surface area contributed by atoms with Crippen molar-refractivity contribution in [3.63, 3.8) is 0 Å². The van der Waals surface area contributed by atoms with Crippen LogP contribution in [0.1, 0.15) is 15.9 Å². The van der Waals surface area contributed by atoms with Gasteiger partial charge in [-0.3, -0.25) is 0 Å². The highest BCUT2D eigenvalue weighted by atomic mass is 16.4. The number of hydrogen-bond donors (Lipinski definition) is 3. The molecule has 0 aliphatic carbocycles. The molecule has 0 radical (unpaired) electrons. The second kappa shape index (κ2) is 7.30. The highest BCUT2D eigenvalue weighted by Crippen LogP contribution is 2.15. The van der Waals surface area contributed by atoms with Crippen molar-refractivity contribution in [1.82, 2.24) is 4.90 Å². The maximum atomic E-state index is 12.0. The highest BCUT2D eigenvalue weighted by molar-refractivity contribution is 5.92. The van der Waals surface area contributed by atoms with E-state index in [9.17, 15) is 9.59 Å². The highest BCUT2D eigenvalue weighted by Gasteiger charge is 2.13. The van der Waals surface area contributed by atoms with Crippen molar-refractivity contribution in [2.24, 2.45) is 0 Å². The minimum atomic E-state index is -1.01. The van der Waals surface area contributed by atoms with Crippen molar-refractivity contribution in [3.8, 4) is 0 Å². The number of hydrogen-bond acceptors (Lipinski definition) is 3. The zero-order valence-corrected chi connectivity index (χ0v) is 11.3. The number of carbonyl (C=O) groups is 2. The Morgan fingerprint density at radius 2 is 2.15 bits per heavy atom. The number of carboxylic acids is 1. The molecule has 1 rings (SSSR count). The number of rotatable bonds is 6. The van der Waals surface area contributed by atoms with Gasteiger partial charge in [0.05, 0.1) is 12.2 Å². The van der Waals surface area contributed by atoms with Gasteiger partial charge in [0.1, 0.15) is 0 Å². The number of nitrogens with one attached hydrogen (secondary N) is 1. The third kappa shape index (κ3) is 4.10. The van der Waals surface area contributed by atoms with Crippen molar-refractivity contribution in [2.45, 2.75) is 6.92 Å². The van der Waals surface area contributed by atoms with Gasteiger partial charge in [-0.25, -0.2) is 9.59 Å². The van der Waals surface area contributed by atoms with Crippen LogP contribution in [0.25, 0.3) is 0 Å². The Hall–Kier alpha value is -2.34. The van der Waals surface area contributed by atoms with Crippen LogP contribution in [0.4, 0.5) is 10.5 Å². The smallest absolute Gasteiger partial charge is 0.335 e. The van der Waals surface area contributed by atoms with E-state index >= 15 is 0 Å². The summed E-state index contributed by atoms with van der Waals surface area (Å²) < 4.78 is 0. The summed E-state index contributed by atoms with van der Waals surface area (Å²) in [6, 6.07) is 4.18. The Bertz CT molecular complexity index is 514. The predicted molar refractivity (Wildman–Crippen MR) is 76.0 cm³/mol. The molecule has 0 aliphatic heterocycles. The first-order valence-electron chi connectivity index (χ1n) is 6.11. The number of aliphatic hydroxyl groups excluding tert-OH is 1. The van der Waals surface area contributed by atoms with Crippen LogP contribution in [0, 0.1) is 6.92 Å². The molecule has 0 atom stereocenters. The molecule has 0 unspecified atom stereocenters. The lowest BCUT2D eigenvalue weighted by Crippen LogP contribution is -2.37. The molecule has 1 aromatic carbocycles. The second-order valence-electron chi connectivity index (χ2n) is 4.22. The van der Waals surface area contributed by atoms with Gasteiger partial charge in [-0.05, 0) is 30.7 Å². The summed E-state index contributed by atoms with van der Waals surface area (Å²) in [5.74, 6) is -1.01. The zero-order valence-electron chi connectivity index (χ0n) is 11.3. The number of urea groups is 1. The first-order valence-corrected chi connectivity index (χ1v) is 6.11. The Morgan fingerprint density at radius 1 is 1.45 bits per heavy atom. The molecule has 0 bridgehead atoms. The third-order valence-corrected chi connectivity index (χ3v) is 2.71. The van der Waals surface area contributed by atoms with Crippen molar-refractivity contribution in [3.05, 3.63) is 42.0 Å². The molecule has 0 saturated heterocycles. The maximum absolute atomic E-state index is 12.0. The monoisotopic (exact) mass is 278 g/mol. The zero-order chi connectivity index (χ0) is 15.1. The maximum Gasteiger partial charge on any atom is 0.335 e. The molecule has 0 spiro atoms. The molecule has 0 aromatic heterocycles. The fraction of sp³-hybridized carbons (Fsp3) is 0.286. The number of carbonyl (C=O) groups excluding carboxylic acids is 1. The summed E-state index contributed by atoms with van der Waals surface area (Å²) in [7, 11) is 0. The molecule has 0 fully saturated rings. The molecule has 108 valence electrons. The summed E-state index contributed by atoms with van der Waals surface area (Å²) in [5.41, 5.74) is 1.26. The number of anilines is 1. The van der Waals surface area contributed by atoms with Gasteiger partial charge in [0.15, 0.2) is 0 Å². The Morgan fingerprint density at radius 3 is 2.65 bits per heavy atom. The second-order valence-corrected chi connectivity index (χ2v) is 4.22. The van der Waals surface area contributed by atoms with Gasteiger partial charge in [0.25, 0.3) is 0 Å². The van der Waals surface area contributed by atoms with Crippen LogP contribution in [0.5, 0.6) is 0 Å². The van der Waals surface area contributed by atoms with E-state index in [2.05, 4.69) is 11.9 Å². The number of aliphatic hydroxyl groups is 1. The molecule has 3 N–H and O–H groups in total. The molecule has 1 aromatic rings. The summed E-state index contributed by atoms with van der Waals surface area (Å²) >= 11 is 0. The van der Waals surface area contributed by atoms with E-state index in [0.717, 1.165) is 0 Å². The number of benzene rings is 1. The van der Waals surface area contributed by atoms with Crippen LogP contribution in [0.15, 0.2) is 30.9 Å². The van der Waals surface area contributed by atoms with Gasteiger partial charge in [-0.1, -0.05) is 6.08 Å². The van der Waals surface area contributed by atoms with Gasteiger partial charge in [-0.2, -0.15) is 0 Å². The summed E-state index contributed by atoms with van der Waals surface area (Å²) in [4.78, 5) is 24.3. The lowest BCUT2D eigenvalue weighted by molar-refractivity contribution is 0.0696. The van der Waals surface area contributed by atoms with Crippen LogP contribution in [-0.2, 0) is 0 Å². The lowest BCUT2D eigenvalue weighted by atomic mass is 10.1. The largest absolute Gasteiger partial charge is 0.478 e. The SMILES string of the molecule is C=CCN(CCO)C(=O)Nc1ccc(C(=O)O)c(C)c1. The molecule has 0 saturated carbocycles. The quantitative estimate of drug-likeness (QED) is 0.691. The van der Waals surface area contributed by atoms with Crippen molar-refractivity contribution in [2.75, 3.05) is 25.0 Å². The minimum absolute atomic E-state index is 0.141. The van der Waals surface area contributed by atoms with Crippen LogP contribution in [0.3, 0.4) is 0 Å². The first-order chi connectivity index (χ1) is 9.49. The van der Waals surface area contributed by atoms with E-state index in [4.69, 9.17) is 10.2 Å². The molecule has 2 amide bonds. The van der Waals surface area contributed by atoms with Crippen molar-refractivity contribution in [1.29, 1.82) is 0 Å². The van der Waals surface area contributed by atoms with E-state index in [-0.39, 0.29) is 24.7 Å². The molecule has 0 heterocycles. The minimum Gasteiger partial charge on any atom is -0.478 e. The van der Waals surface area contributed by atoms with Crippen LogP contribution in [-0.4, -0.2) is 46.8 Å². The van der Waals surface area contributed by atoms with Crippen molar-refractivity contribution < 1.29 is 19.8 Å². The lowest BCUT2D eigenvalue weighted by Gasteiger charge is -2.20. The number of carboxylic acid groups (broad SMARTS) is 1. The summed E-state index contributed by atoms with van der Waals surface area (Å²) in [5, 5.41) is 20.5. The topological polar surface area (TPSA) is 89.9 Å². The number of aromatic carboxylic acids is 1. The summed E-state index contributed by atoms with van der Waals surface area (Å²) in [6.45, 7) is 5.59. The number of amides is 2. The molecular weight excluding hydrogens is 260 g/mol. The van der Waals surface area contributed by atoms with Crippen LogP contribution >= 0.6 is 0 Å². The van der Waals surface area contributed by atoms with Gasteiger partial charge in [0, 0.05) is 18.8 Å². The van der Waals surface area contributed by atoms with E-state index in [1.807, 2.05) is 0 Å². The van der Waals surface area contributed by atoms with Gasteiger partial charge < -0.3 is 20.4 Å². The van der Waals surface area contributed by atoms with Gasteiger partial charge in [-0.15, -0.1) is 6.58 Å². The fourth-order valence-electron chi connectivity index (χ4n) is 1.74. The van der Waals surface area contributed by atoms with Gasteiger partial charge in [0.2, 0.25) is 0 Å². The van der Waals surface area contributed by atoms with Crippen LogP contribution in [0.2, 0.25) is 0 Å². The van der Waals surface area contributed by atoms with E-state index in [1.54, 1.807) is 19.1 Å². The average molecular weight is 278 g/mol. The Kier molecular flexibility index (Phi) is 5.74. The molecule has 0 aliphatic rings. The third-order valence-electron chi connectivity index (χ3n) is 2.71. The molecule has 20 heavy (non-hydrogen) atoms. The van der Waals surface area contributed by atoms with E-state index < -0.39 is 5.97 Å². The van der Waals surface area contributed by atoms with E-state index in [1.165, 1.54) is 17.0 Å². The van der Waals surface area contributed by atoms with E-state index in [0.29, 0.717) is 17.8 Å². The number of aryl methyl sites for hydroxylation is 1. The standard InChI is InChI=1S/C14H18N2O4/c1-3-6-16(7-8-17)14(20)15-11-4-5-12(13(18)19)10(2)9-11/h3-5,9,17H,1,6-8H2,2H3,(H,15,20)(H,18,19). The molecule has 6 nitrogen and oxygen atoms in total. The molecular formula is C14H18N2O4. The first kappa shape index (κ1) is 15.7. The predicted octanol–water partition coefficient (Wildman–Crippen LogP) is 1.71. The average Bonchev–Trinajstić information content (AvgIpc) is 2.38. The van der Waals surface area contributed by atoms with Gasteiger partial charge >= 0.3 is 12.0 Å². The van der Waals surface area contributed by atoms with Crippen molar-refractivity contribution >= 4 is 17.7 Å². The van der Waals surface area contributed by atoms with Crippen LogP contribution < -0.4 is 5.32 Å². The molecule has 6 heteroatoms. The normalized spacial score (nSPS) is 9.90. The fourth-order valence-corrected chi connectivity index (χ4v) is 1.74. The Labute approximate surface area is 117 Å². The number of nitrogens with zero attached hydrogens (tertiary/aromatic N) is 1. The Balaban J connectivity index is 2.81.